The van der Waals surface area contributed by atoms with E-state index in [1.54, 1.807) is 0 Å². The van der Waals surface area contributed by atoms with Gasteiger partial charge in [0.05, 0.1) is 18.4 Å². The van der Waals surface area contributed by atoms with Gasteiger partial charge in [0, 0.05) is 23.7 Å². The highest BCUT2D eigenvalue weighted by molar-refractivity contribution is 7.03. The van der Waals surface area contributed by atoms with E-state index < -0.39 is 0 Å². The molecule has 0 aliphatic heterocycles. The Kier molecular flexibility index (Phi) is 2.37. The van der Waals surface area contributed by atoms with Crippen molar-refractivity contribution in [1.82, 2.24) is 14.2 Å². The quantitative estimate of drug-likeness (QED) is 0.792. The lowest BCUT2D eigenvalue weighted by atomic mass is 10.3. The van der Waals surface area contributed by atoms with Crippen LogP contribution in [0.5, 0.6) is 0 Å². The third kappa shape index (κ3) is 1.76. The van der Waals surface area contributed by atoms with Crippen LogP contribution in [0.4, 0.5) is 0 Å². The summed E-state index contributed by atoms with van der Waals surface area (Å²) in [4.78, 5) is 0. The molecule has 0 fully saturated rings. The summed E-state index contributed by atoms with van der Waals surface area (Å²) in [5.41, 5.74) is 7.44. The number of hydrogen-bond donors (Lipinski definition) is 1. The summed E-state index contributed by atoms with van der Waals surface area (Å²) in [6, 6.07) is 1.98. The summed E-state index contributed by atoms with van der Waals surface area (Å²) in [5, 5.41) is 6.12. The first kappa shape index (κ1) is 8.40. The fraction of sp³-hybridized carbons (Fsp3) is 0.250. The summed E-state index contributed by atoms with van der Waals surface area (Å²) >= 11 is 1.45. The van der Waals surface area contributed by atoms with Gasteiger partial charge in [0.15, 0.2) is 0 Å². The Hall–Kier alpha value is -1.20. The van der Waals surface area contributed by atoms with Gasteiger partial charge in [0.25, 0.3) is 0 Å². The van der Waals surface area contributed by atoms with Gasteiger partial charge in [-0.05, 0) is 17.6 Å². The van der Waals surface area contributed by atoms with Crippen molar-refractivity contribution in [3.8, 4) is 11.3 Å². The van der Waals surface area contributed by atoms with Crippen molar-refractivity contribution >= 4 is 11.5 Å². The Morgan fingerprint density at radius 2 is 2.46 bits per heavy atom. The van der Waals surface area contributed by atoms with Crippen molar-refractivity contribution in [3.05, 3.63) is 23.8 Å². The van der Waals surface area contributed by atoms with Crippen molar-refractivity contribution in [2.24, 2.45) is 5.73 Å². The van der Waals surface area contributed by atoms with E-state index in [0.29, 0.717) is 6.54 Å². The molecule has 0 amide bonds. The largest absolute Gasteiger partial charge is 0.329 e. The highest BCUT2D eigenvalue weighted by atomic mass is 32.1. The molecule has 0 spiro atoms. The molecule has 68 valence electrons. The average Bonchev–Trinajstić information content (AvgIpc) is 2.70. The van der Waals surface area contributed by atoms with Crippen LogP contribution in [0.25, 0.3) is 11.3 Å². The van der Waals surface area contributed by atoms with Gasteiger partial charge in [-0.2, -0.15) is 9.47 Å². The normalized spacial score (nSPS) is 10.5. The molecule has 2 aromatic heterocycles. The molecule has 13 heavy (non-hydrogen) atoms. The first-order valence-corrected chi connectivity index (χ1v) is 4.87. The molecule has 2 N–H and O–H groups in total. The molecule has 0 atom stereocenters. The van der Waals surface area contributed by atoms with Crippen LogP contribution in [0.15, 0.2) is 23.8 Å². The maximum Gasteiger partial charge on any atom is 0.0872 e. The molecule has 2 heterocycles. The predicted octanol–water partition coefficient (Wildman–Crippen LogP) is 0.965. The monoisotopic (exact) mass is 194 g/mol. The van der Waals surface area contributed by atoms with Gasteiger partial charge in [-0.25, -0.2) is 0 Å². The molecule has 0 bridgehead atoms. The van der Waals surface area contributed by atoms with Gasteiger partial charge >= 0.3 is 0 Å². The van der Waals surface area contributed by atoms with Gasteiger partial charge in [-0.1, -0.05) is 0 Å². The van der Waals surface area contributed by atoms with E-state index in [-0.39, 0.29) is 0 Å². The zero-order valence-corrected chi connectivity index (χ0v) is 7.87. The van der Waals surface area contributed by atoms with Gasteiger partial charge in [0.1, 0.15) is 0 Å². The van der Waals surface area contributed by atoms with Gasteiger partial charge in [-0.15, -0.1) is 0 Å². The van der Waals surface area contributed by atoms with E-state index in [1.807, 2.05) is 28.5 Å². The molecule has 0 radical (unpaired) electrons. The van der Waals surface area contributed by atoms with Gasteiger partial charge < -0.3 is 5.73 Å². The number of nitrogens with two attached hydrogens (primary N) is 1. The number of nitrogens with zero attached hydrogens (tertiary/aromatic N) is 3. The Bertz CT molecular complexity index is 365. The highest BCUT2D eigenvalue weighted by Gasteiger charge is 2.02. The van der Waals surface area contributed by atoms with Crippen LogP contribution in [-0.2, 0) is 6.54 Å². The van der Waals surface area contributed by atoms with Gasteiger partial charge in [-0.3, -0.25) is 4.68 Å². The minimum atomic E-state index is 0.609. The lowest BCUT2D eigenvalue weighted by Gasteiger charge is -1.94. The van der Waals surface area contributed by atoms with Crippen LogP contribution < -0.4 is 5.73 Å². The van der Waals surface area contributed by atoms with E-state index in [2.05, 4.69) is 9.47 Å². The molecular formula is C8H10N4S. The Labute approximate surface area is 80.2 Å². The van der Waals surface area contributed by atoms with E-state index in [1.165, 1.54) is 11.5 Å². The van der Waals surface area contributed by atoms with E-state index >= 15 is 0 Å². The molecule has 0 saturated carbocycles. The van der Waals surface area contributed by atoms with Crippen LogP contribution >= 0.6 is 11.5 Å². The summed E-state index contributed by atoms with van der Waals surface area (Å²) in [5.74, 6) is 0. The molecule has 2 aromatic rings. The van der Waals surface area contributed by atoms with Crippen molar-refractivity contribution < 1.29 is 0 Å². The maximum absolute atomic E-state index is 5.41. The smallest absolute Gasteiger partial charge is 0.0872 e. The summed E-state index contributed by atoms with van der Waals surface area (Å²) < 4.78 is 6.05. The second kappa shape index (κ2) is 3.68. The van der Waals surface area contributed by atoms with Crippen LogP contribution in [0, 0.1) is 0 Å². The van der Waals surface area contributed by atoms with Crippen LogP contribution in [-0.4, -0.2) is 20.7 Å². The maximum atomic E-state index is 5.41. The molecule has 0 aromatic carbocycles. The van der Waals surface area contributed by atoms with E-state index in [4.69, 9.17) is 5.73 Å². The zero-order chi connectivity index (χ0) is 9.10. The molecule has 0 unspecified atom stereocenters. The minimum Gasteiger partial charge on any atom is -0.329 e. The molecule has 0 aliphatic carbocycles. The van der Waals surface area contributed by atoms with Gasteiger partial charge in [0.2, 0.25) is 0 Å². The standard InChI is InChI=1S/C8H10N4S/c9-2-3-12-6-7(5-10-12)8-1-4-13-11-8/h1,4-6H,2-3,9H2. The lowest BCUT2D eigenvalue weighted by molar-refractivity contribution is 0.625. The van der Waals surface area contributed by atoms with E-state index in [9.17, 15) is 0 Å². The fourth-order valence-electron chi connectivity index (χ4n) is 1.11. The number of aromatic nitrogens is 3. The van der Waals surface area contributed by atoms with Crippen molar-refractivity contribution in [2.45, 2.75) is 6.54 Å². The molecule has 0 saturated heterocycles. The number of rotatable bonds is 3. The Morgan fingerprint density at radius 3 is 3.15 bits per heavy atom. The third-order valence-corrected chi connectivity index (χ3v) is 2.28. The predicted molar refractivity (Wildman–Crippen MR) is 52.4 cm³/mol. The highest BCUT2D eigenvalue weighted by Crippen LogP contribution is 2.16. The SMILES string of the molecule is NCCn1cc(-c2ccsn2)cn1. The van der Waals surface area contributed by atoms with Crippen LogP contribution in [0.2, 0.25) is 0 Å². The molecule has 2 rings (SSSR count). The zero-order valence-electron chi connectivity index (χ0n) is 7.05. The topological polar surface area (TPSA) is 56.7 Å². The van der Waals surface area contributed by atoms with Crippen molar-refractivity contribution in [3.63, 3.8) is 0 Å². The third-order valence-electron chi connectivity index (χ3n) is 1.73. The lowest BCUT2D eigenvalue weighted by Crippen LogP contribution is -2.09. The molecule has 4 nitrogen and oxygen atoms in total. The van der Waals surface area contributed by atoms with E-state index in [0.717, 1.165) is 17.8 Å². The fourth-order valence-corrected chi connectivity index (χ4v) is 1.64. The second-order valence-electron chi connectivity index (χ2n) is 2.67. The average molecular weight is 194 g/mol. The summed E-state index contributed by atoms with van der Waals surface area (Å²) in [6.45, 7) is 1.36. The van der Waals surface area contributed by atoms with Crippen molar-refractivity contribution in [2.75, 3.05) is 6.54 Å². The molecule has 0 aliphatic rings. The van der Waals surface area contributed by atoms with Crippen molar-refractivity contribution in [1.29, 1.82) is 0 Å². The van der Waals surface area contributed by atoms with Crippen LogP contribution in [0.1, 0.15) is 0 Å². The van der Waals surface area contributed by atoms with Crippen LogP contribution in [0.3, 0.4) is 0 Å². The summed E-state index contributed by atoms with van der Waals surface area (Å²) in [7, 11) is 0. The molecular weight excluding hydrogens is 184 g/mol. The first-order chi connectivity index (χ1) is 6.40. The minimum absolute atomic E-state index is 0.609. The Balaban J connectivity index is 2.23. The Morgan fingerprint density at radius 1 is 1.54 bits per heavy atom. The molecule has 5 heteroatoms. The second-order valence-corrected chi connectivity index (χ2v) is 3.33. The summed E-state index contributed by atoms with van der Waals surface area (Å²) in [6.07, 6.45) is 3.77. The first-order valence-electron chi connectivity index (χ1n) is 4.03. The number of hydrogen-bond acceptors (Lipinski definition) is 4.